The minimum atomic E-state index is -3.80. The van der Waals surface area contributed by atoms with Crippen LogP contribution in [-0.2, 0) is 14.8 Å². The summed E-state index contributed by atoms with van der Waals surface area (Å²) in [4.78, 5) is 23.6. The summed E-state index contributed by atoms with van der Waals surface area (Å²) in [6.45, 7) is 9.55. The normalized spacial score (nSPS) is 30.6. The molecule has 1 N–H and O–H groups in total. The molecule has 1 saturated heterocycles. The first-order chi connectivity index (χ1) is 14.3. The number of sulfonamides is 1. The molecule has 10 heteroatoms. The van der Waals surface area contributed by atoms with E-state index < -0.39 is 32.3 Å². The summed E-state index contributed by atoms with van der Waals surface area (Å²) in [5.74, 6) is -0.352. The van der Waals surface area contributed by atoms with Crippen molar-refractivity contribution in [2.45, 2.75) is 52.1 Å². The molecular weight excluding hydrogens is 422 g/mol. The summed E-state index contributed by atoms with van der Waals surface area (Å²) < 4.78 is 27.2. The molecule has 3 fully saturated rings. The second-order valence-electron chi connectivity index (χ2n) is 9.54. The van der Waals surface area contributed by atoms with Crippen LogP contribution in [0.3, 0.4) is 0 Å². The second kappa shape index (κ2) is 6.77. The van der Waals surface area contributed by atoms with Gasteiger partial charge >= 0.3 is 0 Å². The molecule has 1 aromatic carbocycles. The third-order valence-corrected chi connectivity index (χ3v) is 9.98. The predicted molar refractivity (Wildman–Crippen MR) is 114 cm³/mol. The zero-order chi connectivity index (χ0) is 22.9. The molecule has 2 aliphatic carbocycles. The zero-order valence-corrected chi connectivity index (χ0v) is 18.6. The predicted octanol–water partition coefficient (Wildman–Crippen LogP) is 3.10. The van der Waals surface area contributed by atoms with Crippen molar-refractivity contribution in [1.29, 1.82) is 0 Å². The highest BCUT2D eigenvalue weighted by atomic mass is 32.2. The molecule has 1 aliphatic heterocycles. The first-order valence-electron chi connectivity index (χ1n) is 10.3. The molecule has 31 heavy (non-hydrogen) atoms. The number of hydrogen-bond acceptors (Lipinski definition) is 7. The number of carbonyl (C=O) groups excluding carboxylic acids is 1. The van der Waals surface area contributed by atoms with Gasteiger partial charge in [0.25, 0.3) is 11.6 Å². The van der Waals surface area contributed by atoms with Gasteiger partial charge in [-0.25, -0.2) is 17.8 Å². The molecule has 0 aromatic heterocycles. The van der Waals surface area contributed by atoms with E-state index in [-0.39, 0.29) is 34.2 Å². The number of benzene rings is 1. The number of non-ortho nitro benzene ring substituents is 1. The highest BCUT2D eigenvalue weighted by Gasteiger charge is 2.72. The van der Waals surface area contributed by atoms with Gasteiger partial charge in [0.2, 0.25) is 10.0 Å². The molecule has 1 heterocycles. The SMILES string of the molecule is C=C(C(=O)N1[C@@H]2C[C@H]3CC[C@]2(CS1(=O)=O)C3(C)C)[C@@H](C)N(O)c1ccc([N+](=O)[O-])cc1. The number of fused-ring (bicyclic) bond motifs is 1. The maximum atomic E-state index is 13.3. The zero-order valence-electron chi connectivity index (χ0n) is 17.8. The maximum Gasteiger partial charge on any atom is 0.269 e. The van der Waals surface area contributed by atoms with Crippen LogP contribution in [0.1, 0.15) is 40.0 Å². The third-order valence-electron chi connectivity index (χ3n) is 8.08. The molecule has 2 bridgehead atoms. The van der Waals surface area contributed by atoms with Crippen LogP contribution in [0, 0.1) is 26.9 Å². The van der Waals surface area contributed by atoms with Crippen molar-refractivity contribution in [2.24, 2.45) is 16.7 Å². The molecule has 1 spiro atoms. The summed E-state index contributed by atoms with van der Waals surface area (Å²) in [6.07, 6.45) is 2.42. The molecule has 4 rings (SSSR count). The van der Waals surface area contributed by atoms with Crippen LogP contribution >= 0.6 is 0 Å². The smallest absolute Gasteiger partial charge is 0.269 e. The molecule has 3 aliphatic rings. The number of anilines is 1. The van der Waals surface area contributed by atoms with E-state index in [9.17, 15) is 28.5 Å². The molecular formula is C21H27N3O6S. The van der Waals surface area contributed by atoms with E-state index in [1.165, 1.54) is 31.2 Å². The molecule has 4 atom stereocenters. The Morgan fingerprint density at radius 1 is 1.35 bits per heavy atom. The lowest BCUT2D eigenvalue weighted by Crippen LogP contribution is -2.47. The number of nitro groups is 1. The van der Waals surface area contributed by atoms with Gasteiger partial charge in [-0.05, 0) is 49.7 Å². The number of amides is 1. The Balaban J connectivity index is 1.58. The lowest BCUT2D eigenvalue weighted by molar-refractivity contribution is -0.384. The van der Waals surface area contributed by atoms with Crippen LogP contribution in [-0.4, -0.2) is 46.6 Å². The summed E-state index contributed by atoms with van der Waals surface area (Å²) in [7, 11) is -3.80. The Bertz CT molecular complexity index is 1070. The van der Waals surface area contributed by atoms with Gasteiger partial charge in [0, 0.05) is 23.1 Å². The van der Waals surface area contributed by atoms with Crippen molar-refractivity contribution < 1.29 is 23.3 Å². The van der Waals surface area contributed by atoms with Gasteiger partial charge in [0.15, 0.2) is 0 Å². The fourth-order valence-corrected chi connectivity index (χ4v) is 8.52. The van der Waals surface area contributed by atoms with Gasteiger partial charge in [-0.3, -0.25) is 20.1 Å². The number of nitrogens with zero attached hydrogens (tertiary/aromatic N) is 3. The van der Waals surface area contributed by atoms with Crippen molar-refractivity contribution in [3.05, 3.63) is 46.5 Å². The third kappa shape index (κ3) is 2.91. The second-order valence-corrected chi connectivity index (χ2v) is 11.4. The Hall–Kier alpha value is -2.46. The van der Waals surface area contributed by atoms with Gasteiger partial charge in [0.1, 0.15) is 0 Å². The number of carbonyl (C=O) groups is 1. The molecule has 1 amide bonds. The van der Waals surface area contributed by atoms with Gasteiger partial charge in [0.05, 0.1) is 28.4 Å². The van der Waals surface area contributed by atoms with E-state index in [4.69, 9.17) is 0 Å². The van der Waals surface area contributed by atoms with Gasteiger partial charge in [-0.1, -0.05) is 20.4 Å². The van der Waals surface area contributed by atoms with Crippen LogP contribution in [0.25, 0.3) is 0 Å². The largest absolute Gasteiger partial charge is 0.288 e. The van der Waals surface area contributed by atoms with Gasteiger partial charge in [-0.2, -0.15) is 0 Å². The summed E-state index contributed by atoms with van der Waals surface area (Å²) in [5, 5.41) is 22.2. The van der Waals surface area contributed by atoms with E-state index >= 15 is 0 Å². The van der Waals surface area contributed by atoms with Crippen LogP contribution in [0.4, 0.5) is 11.4 Å². The van der Waals surface area contributed by atoms with E-state index in [1.54, 1.807) is 0 Å². The quantitative estimate of drug-likeness (QED) is 0.416. The maximum absolute atomic E-state index is 13.3. The van der Waals surface area contributed by atoms with E-state index in [1.807, 2.05) is 0 Å². The molecule has 2 saturated carbocycles. The van der Waals surface area contributed by atoms with Crippen molar-refractivity contribution in [3.63, 3.8) is 0 Å². The van der Waals surface area contributed by atoms with E-state index in [0.717, 1.165) is 22.2 Å². The summed E-state index contributed by atoms with van der Waals surface area (Å²) in [6, 6.07) is 3.88. The fraction of sp³-hybridized carbons (Fsp3) is 0.571. The van der Waals surface area contributed by atoms with Crippen LogP contribution < -0.4 is 5.06 Å². The topological polar surface area (TPSA) is 121 Å². The number of hydrogen-bond donors (Lipinski definition) is 1. The van der Waals surface area contributed by atoms with Crippen molar-refractivity contribution in [3.8, 4) is 0 Å². The summed E-state index contributed by atoms with van der Waals surface area (Å²) >= 11 is 0. The Morgan fingerprint density at radius 3 is 2.52 bits per heavy atom. The monoisotopic (exact) mass is 449 g/mol. The van der Waals surface area contributed by atoms with E-state index in [2.05, 4.69) is 20.4 Å². The van der Waals surface area contributed by atoms with Crippen molar-refractivity contribution in [2.75, 3.05) is 10.8 Å². The first-order valence-corrected chi connectivity index (χ1v) is 11.9. The van der Waals surface area contributed by atoms with E-state index in [0.29, 0.717) is 12.3 Å². The Kier molecular flexibility index (Phi) is 4.75. The lowest BCUT2D eigenvalue weighted by Gasteiger charge is -2.37. The molecule has 168 valence electrons. The van der Waals surface area contributed by atoms with Crippen LogP contribution in [0.5, 0.6) is 0 Å². The average Bonchev–Trinajstić information content (AvgIpc) is 3.19. The minimum Gasteiger partial charge on any atom is -0.288 e. The van der Waals surface area contributed by atoms with Crippen LogP contribution in [0.2, 0.25) is 0 Å². The highest BCUT2D eigenvalue weighted by Crippen LogP contribution is 2.70. The standard InChI is InChI=1S/C21H27N3O6S/c1-13(14(2)22(26)16-5-7-17(8-6-16)24(27)28)19(25)23-18-11-15-9-10-21(18,20(15,3)4)12-31(23,29)30/h5-8,14-15,18,26H,1,9-12H2,2-4H3/t14-,15-,18-,21-/m1/s1. The molecule has 9 nitrogen and oxygen atoms in total. The molecule has 0 unspecified atom stereocenters. The van der Waals surface area contributed by atoms with Gasteiger partial charge in [-0.15, -0.1) is 0 Å². The number of hydroxylamine groups is 1. The lowest BCUT2D eigenvalue weighted by atomic mass is 9.69. The highest BCUT2D eigenvalue weighted by molar-refractivity contribution is 7.90. The van der Waals surface area contributed by atoms with Crippen molar-refractivity contribution in [1.82, 2.24) is 4.31 Å². The average molecular weight is 450 g/mol. The fourth-order valence-electron chi connectivity index (χ4n) is 5.97. The molecule has 1 aromatic rings. The number of rotatable bonds is 5. The van der Waals surface area contributed by atoms with Crippen molar-refractivity contribution >= 4 is 27.3 Å². The van der Waals surface area contributed by atoms with Gasteiger partial charge < -0.3 is 0 Å². The Labute approximate surface area is 181 Å². The Morgan fingerprint density at radius 2 is 1.97 bits per heavy atom. The first kappa shape index (κ1) is 21.8. The summed E-state index contributed by atoms with van der Waals surface area (Å²) in [5.41, 5.74) is -0.551. The minimum absolute atomic E-state index is 0.0350. The number of nitro benzene ring substituents is 1. The molecule has 0 radical (unpaired) electrons. The van der Waals surface area contributed by atoms with Crippen LogP contribution in [0.15, 0.2) is 36.4 Å².